The first kappa shape index (κ1) is 5.81. The average Bonchev–Trinajstić information content (AvgIpc) is 1.65. The highest BCUT2D eigenvalue weighted by Crippen LogP contribution is 1.57. The predicted octanol–water partition coefficient (Wildman–Crippen LogP) is -0.859. The van der Waals surface area contributed by atoms with E-state index in [1.807, 2.05) is 0 Å². The maximum Gasteiger partial charge on any atom is 0.268 e. The van der Waals surface area contributed by atoms with Crippen LogP contribution in [0, 0.1) is 10.8 Å². The van der Waals surface area contributed by atoms with Crippen LogP contribution in [0.25, 0.3) is 0 Å². The Labute approximate surface area is 40.3 Å². The molecule has 0 rings (SSSR count). The maximum absolute atomic E-state index is 9.78. The van der Waals surface area contributed by atoms with E-state index in [2.05, 4.69) is 5.73 Å². The smallest absolute Gasteiger partial charge is 0.268 e. The second kappa shape index (κ2) is 2.07. The van der Waals surface area contributed by atoms with Crippen molar-refractivity contribution in [2.75, 3.05) is 0 Å². The topological polar surface area (TPSA) is 90.8 Å². The Hall–Kier alpha value is -1.19. The Balaban J connectivity index is 3.81. The van der Waals surface area contributed by atoms with Crippen molar-refractivity contribution in [3.63, 3.8) is 0 Å². The van der Waals surface area contributed by atoms with Crippen LogP contribution >= 0.6 is 0 Å². The maximum atomic E-state index is 9.78. The molecule has 0 fully saturated rings. The van der Waals surface area contributed by atoms with Crippen molar-refractivity contribution < 1.29 is 4.79 Å². The molecule has 0 aliphatic rings. The van der Waals surface area contributed by atoms with Gasteiger partial charge in [0.05, 0.1) is 0 Å². The highest BCUT2D eigenvalue weighted by Gasteiger charge is 1.95. The second-order valence-corrected chi connectivity index (χ2v) is 0.922. The minimum absolute atomic E-state index is 0.472. The van der Waals surface area contributed by atoms with Crippen LogP contribution < -0.4 is 5.73 Å². The van der Waals surface area contributed by atoms with Crippen LogP contribution in [0.1, 0.15) is 0 Å². The van der Waals surface area contributed by atoms with Crippen LogP contribution in [0.3, 0.4) is 0 Å². The van der Waals surface area contributed by atoms with Crippen molar-refractivity contribution in [3.05, 3.63) is 0 Å². The van der Waals surface area contributed by atoms with Gasteiger partial charge < -0.3 is 11.1 Å². The number of nitrogens with one attached hydrogen (secondary N) is 2. The van der Waals surface area contributed by atoms with Gasteiger partial charge in [-0.05, 0) is 0 Å². The molecule has 4 heteroatoms. The Bertz CT molecular complexity index is 117. The highest BCUT2D eigenvalue weighted by molar-refractivity contribution is 6.58. The van der Waals surface area contributed by atoms with E-state index in [4.69, 9.17) is 10.8 Å². The Kier molecular flexibility index (Phi) is 1.72. The van der Waals surface area contributed by atoms with Crippen molar-refractivity contribution in [1.82, 2.24) is 0 Å². The van der Waals surface area contributed by atoms with Gasteiger partial charge in [-0.2, -0.15) is 0 Å². The van der Waals surface area contributed by atoms with Gasteiger partial charge in [0.25, 0.3) is 5.91 Å². The zero-order valence-electron chi connectivity index (χ0n) is 3.56. The van der Waals surface area contributed by atoms with E-state index in [0.717, 1.165) is 0 Å². The Morgan fingerprint density at radius 2 is 2.14 bits per heavy atom. The van der Waals surface area contributed by atoms with Gasteiger partial charge in [0.2, 0.25) is 0 Å². The van der Waals surface area contributed by atoms with E-state index >= 15 is 0 Å². The molecular weight excluding hydrogens is 94.1 g/mol. The van der Waals surface area contributed by atoms with E-state index in [9.17, 15) is 4.79 Å². The lowest BCUT2D eigenvalue weighted by Crippen LogP contribution is -2.22. The monoisotopic (exact) mass is 99.0 g/mol. The van der Waals surface area contributed by atoms with E-state index in [1.165, 1.54) is 0 Å². The lowest BCUT2D eigenvalue weighted by atomic mass is 10.4. The summed E-state index contributed by atoms with van der Waals surface area (Å²) in [5.74, 6) is -0.866. The van der Waals surface area contributed by atoms with Gasteiger partial charge >= 0.3 is 0 Å². The van der Waals surface area contributed by atoms with Crippen molar-refractivity contribution in [2.45, 2.75) is 0 Å². The van der Waals surface area contributed by atoms with Crippen LogP contribution in [-0.4, -0.2) is 17.8 Å². The molecule has 0 saturated heterocycles. The molecule has 0 aliphatic carbocycles. The average molecular weight is 99.1 g/mol. The molecule has 7 heavy (non-hydrogen) atoms. The number of primary amides is 1. The fraction of sp³-hybridized carbons (Fsp3) is 0. The number of carbonyl (C=O) groups is 1. The molecule has 0 heterocycles. The van der Waals surface area contributed by atoms with Gasteiger partial charge in [-0.1, -0.05) is 0 Å². The second-order valence-electron chi connectivity index (χ2n) is 0.922. The molecule has 38 valence electrons. The summed E-state index contributed by atoms with van der Waals surface area (Å²) in [4.78, 5) is 9.78. The van der Waals surface area contributed by atoms with Crippen molar-refractivity contribution in [3.8, 4) is 0 Å². The van der Waals surface area contributed by atoms with Crippen LogP contribution in [0.15, 0.2) is 0 Å². The standard InChI is InChI=1S/C3H5N3O/c4-1-2(5)3(6)7/h1,4-5H,(H2,6,7). The first-order chi connectivity index (χ1) is 3.18. The number of hydrogen-bond donors (Lipinski definition) is 3. The number of carbonyl (C=O) groups excluding carboxylic acids is 1. The zero-order chi connectivity index (χ0) is 5.86. The van der Waals surface area contributed by atoms with Gasteiger partial charge in [0, 0.05) is 6.21 Å². The van der Waals surface area contributed by atoms with Crippen molar-refractivity contribution in [2.24, 2.45) is 5.73 Å². The van der Waals surface area contributed by atoms with E-state index < -0.39 is 11.6 Å². The quantitative estimate of drug-likeness (QED) is 0.386. The van der Waals surface area contributed by atoms with E-state index in [0.29, 0.717) is 6.21 Å². The molecular formula is C3H5N3O. The van der Waals surface area contributed by atoms with Crippen LogP contribution in [0.4, 0.5) is 0 Å². The van der Waals surface area contributed by atoms with Gasteiger partial charge in [0.15, 0.2) is 0 Å². The zero-order valence-corrected chi connectivity index (χ0v) is 3.56. The first-order valence-corrected chi connectivity index (χ1v) is 1.57. The van der Waals surface area contributed by atoms with E-state index in [1.54, 1.807) is 0 Å². The third kappa shape index (κ3) is 1.64. The van der Waals surface area contributed by atoms with E-state index in [-0.39, 0.29) is 0 Å². The summed E-state index contributed by atoms with van der Waals surface area (Å²) in [7, 11) is 0. The minimum atomic E-state index is -0.866. The lowest BCUT2D eigenvalue weighted by molar-refractivity contribution is -0.111. The predicted molar refractivity (Wildman–Crippen MR) is 25.7 cm³/mol. The number of amides is 1. The number of rotatable bonds is 2. The molecule has 0 radical (unpaired) electrons. The summed E-state index contributed by atoms with van der Waals surface area (Å²) in [6, 6.07) is 0. The fourth-order valence-corrected chi connectivity index (χ4v) is 0.0711. The van der Waals surface area contributed by atoms with Crippen molar-refractivity contribution in [1.29, 1.82) is 10.8 Å². The van der Waals surface area contributed by atoms with Gasteiger partial charge in [-0.3, -0.25) is 10.2 Å². The molecule has 0 bridgehead atoms. The molecule has 0 atom stereocenters. The van der Waals surface area contributed by atoms with Gasteiger partial charge in [0.1, 0.15) is 5.71 Å². The van der Waals surface area contributed by atoms with Crippen molar-refractivity contribution >= 4 is 17.8 Å². The summed E-state index contributed by atoms with van der Waals surface area (Å²) >= 11 is 0. The molecule has 0 saturated carbocycles. The normalized spacial score (nSPS) is 7.43. The molecule has 0 aromatic heterocycles. The molecule has 0 aliphatic heterocycles. The summed E-state index contributed by atoms with van der Waals surface area (Å²) in [6.45, 7) is 0. The highest BCUT2D eigenvalue weighted by atomic mass is 16.1. The van der Waals surface area contributed by atoms with Gasteiger partial charge in [-0.25, -0.2) is 0 Å². The molecule has 4 N–H and O–H groups in total. The van der Waals surface area contributed by atoms with Crippen LogP contribution in [0.5, 0.6) is 0 Å². The summed E-state index contributed by atoms with van der Waals surface area (Å²) < 4.78 is 0. The van der Waals surface area contributed by atoms with Crippen LogP contribution in [-0.2, 0) is 4.79 Å². The SMILES string of the molecule is N=CC(=N)C(N)=O. The molecule has 4 nitrogen and oxygen atoms in total. The number of nitrogens with two attached hydrogens (primary N) is 1. The minimum Gasteiger partial charge on any atom is -0.364 e. The Morgan fingerprint density at radius 3 is 2.14 bits per heavy atom. The molecule has 0 unspecified atom stereocenters. The molecule has 1 amide bonds. The fourth-order valence-electron chi connectivity index (χ4n) is 0.0711. The molecule has 0 aromatic rings. The lowest BCUT2D eigenvalue weighted by Gasteiger charge is -1.80. The first-order valence-electron chi connectivity index (χ1n) is 1.57. The van der Waals surface area contributed by atoms with Crippen LogP contribution in [0.2, 0.25) is 0 Å². The summed E-state index contributed by atoms with van der Waals surface area (Å²) in [6.07, 6.45) is 0.600. The third-order valence-corrected chi connectivity index (χ3v) is 0.410. The largest absolute Gasteiger partial charge is 0.364 e. The third-order valence-electron chi connectivity index (χ3n) is 0.410. The number of hydrogen-bond acceptors (Lipinski definition) is 3. The molecule has 0 spiro atoms. The Morgan fingerprint density at radius 1 is 1.71 bits per heavy atom. The summed E-state index contributed by atoms with van der Waals surface area (Å²) in [5, 5.41) is 12.8. The van der Waals surface area contributed by atoms with Gasteiger partial charge in [-0.15, -0.1) is 0 Å². The molecule has 0 aromatic carbocycles. The summed E-state index contributed by atoms with van der Waals surface area (Å²) in [5.41, 5.74) is 4.06.